The van der Waals surface area contributed by atoms with Crippen LogP contribution in [0.25, 0.3) is 5.65 Å². The quantitative estimate of drug-likeness (QED) is 0.785. The Hall–Kier alpha value is -2.74. The first-order valence-corrected chi connectivity index (χ1v) is 7.56. The Labute approximate surface area is 133 Å². The molecule has 3 heterocycles. The average molecular weight is 311 g/mol. The number of anilines is 3. The molecule has 4 rings (SSSR count). The molecule has 1 unspecified atom stereocenters. The lowest BCUT2D eigenvalue weighted by molar-refractivity contribution is 0.0989. The van der Waals surface area contributed by atoms with Gasteiger partial charge in [-0.05, 0) is 53.7 Å². The number of fused-ring (bicyclic) bond motifs is 1. The third kappa shape index (κ3) is 2.80. The van der Waals surface area contributed by atoms with Crippen LogP contribution in [0.5, 0.6) is 0 Å². The zero-order valence-corrected chi connectivity index (χ0v) is 12.8. The molecule has 118 valence electrons. The van der Waals surface area contributed by atoms with Gasteiger partial charge < -0.3 is 15.0 Å². The van der Waals surface area contributed by atoms with Crippen molar-refractivity contribution in [3.8, 4) is 0 Å². The third-order valence-corrected chi connectivity index (χ3v) is 3.91. The summed E-state index contributed by atoms with van der Waals surface area (Å²) in [5.41, 5.74) is 2.79. The maximum atomic E-state index is 5.48. The molecule has 0 aliphatic carbocycles. The lowest BCUT2D eigenvalue weighted by atomic mass is 10.2. The smallest absolute Gasteiger partial charge is 0.200 e. The van der Waals surface area contributed by atoms with Crippen molar-refractivity contribution in [2.24, 2.45) is 0 Å². The molecule has 1 aliphatic rings. The zero-order valence-electron chi connectivity index (χ0n) is 12.8. The van der Waals surface area contributed by atoms with Crippen LogP contribution in [0.1, 0.15) is 6.92 Å². The van der Waals surface area contributed by atoms with Gasteiger partial charge in [0.25, 0.3) is 0 Å². The number of aromatic nitrogens is 5. The topological polar surface area (TPSA) is 80.5 Å². The maximum absolute atomic E-state index is 5.48. The third-order valence-electron chi connectivity index (χ3n) is 3.91. The summed E-state index contributed by atoms with van der Waals surface area (Å²) in [6.07, 6.45) is 0. The molecule has 1 saturated heterocycles. The monoisotopic (exact) mass is 311 g/mol. The average Bonchev–Trinajstić information content (AvgIpc) is 3.04. The summed E-state index contributed by atoms with van der Waals surface area (Å²) in [4.78, 5) is 2.36. The lowest BCUT2D eigenvalue weighted by Crippen LogP contribution is -2.43. The molecule has 1 N–H and O–H groups in total. The Kier molecular flexibility index (Phi) is 3.51. The fraction of sp³-hybridized carbons (Fsp3) is 0.333. The summed E-state index contributed by atoms with van der Waals surface area (Å²) in [6.45, 7) is 4.65. The van der Waals surface area contributed by atoms with Crippen LogP contribution in [0.2, 0.25) is 0 Å². The number of hydrogen-bond donors (Lipinski definition) is 1. The Balaban J connectivity index is 1.51. The molecular weight excluding hydrogens is 294 g/mol. The van der Waals surface area contributed by atoms with Gasteiger partial charge in [0.05, 0.1) is 13.2 Å². The van der Waals surface area contributed by atoms with Gasteiger partial charge in [-0.25, -0.2) is 0 Å². The summed E-state index contributed by atoms with van der Waals surface area (Å²) < 4.78 is 6.88. The van der Waals surface area contributed by atoms with E-state index in [4.69, 9.17) is 4.74 Å². The van der Waals surface area contributed by atoms with E-state index in [1.165, 1.54) is 10.3 Å². The lowest BCUT2D eigenvalue weighted by Gasteiger charge is -2.35. The molecule has 0 radical (unpaired) electrons. The number of rotatable bonds is 3. The van der Waals surface area contributed by atoms with Crippen LogP contribution in [-0.4, -0.2) is 51.1 Å². The number of nitrogens with zero attached hydrogens (tertiary/aromatic N) is 6. The molecule has 0 bridgehead atoms. The Morgan fingerprint density at radius 3 is 2.87 bits per heavy atom. The van der Waals surface area contributed by atoms with Gasteiger partial charge >= 0.3 is 0 Å². The predicted octanol–water partition coefficient (Wildman–Crippen LogP) is 1.49. The zero-order chi connectivity index (χ0) is 15.6. The minimum absolute atomic E-state index is 0.395. The number of ether oxygens (including phenoxy) is 1. The molecule has 0 saturated carbocycles. The van der Waals surface area contributed by atoms with Gasteiger partial charge in [-0.1, -0.05) is 0 Å². The Morgan fingerprint density at radius 1 is 1.17 bits per heavy atom. The second kappa shape index (κ2) is 5.81. The van der Waals surface area contributed by atoms with Crippen molar-refractivity contribution in [1.82, 2.24) is 25.3 Å². The standard InChI is InChI=1S/C15H17N7O/c1-11-10-23-9-8-21(11)13-4-2-12(3-5-13)16-14-6-7-15-17-19-20-22(15)18-14/h2-7,11H,8-10H2,1H3,(H,16,18). The first kappa shape index (κ1) is 13.9. The summed E-state index contributed by atoms with van der Waals surface area (Å²) >= 11 is 0. The molecule has 23 heavy (non-hydrogen) atoms. The molecule has 8 heteroatoms. The summed E-state index contributed by atoms with van der Waals surface area (Å²) in [5.74, 6) is 0.692. The molecule has 0 amide bonds. The van der Waals surface area contributed by atoms with Crippen molar-refractivity contribution < 1.29 is 4.74 Å². The molecule has 3 aromatic rings. The summed E-state index contributed by atoms with van der Waals surface area (Å²) in [5, 5.41) is 18.8. The van der Waals surface area contributed by atoms with Crippen molar-refractivity contribution in [1.29, 1.82) is 0 Å². The van der Waals surface area contributed by atoms with E-state index in [9.17, 15) is 0 Å². The van der Waals surface area contributed by atoms with Gasteiger partial charge in [0.1, 0.15) is 0 Å². The van der Waals surface area contributed by atoms with E-state index in [0.29, 0.717) is 17.5 Å². The van der Waals surface area contributed by atoms with E-state index < -0.39 is 0 Å². The Morgan fingerprint density at radius 2 is 2.04 bits per heavy atom. The molecule has 1 aliphatic heterocycles. The largest absolute Gasteiger partial charge is 0.377 e. The fourth-order valence-electron chi connectivity index (χ4n) is 2.71. The minimum atomic E-state index is 0.395. The van der Waals surface area contributed by atoms with Crippen LogP contribution in [0.4, 0.5) is 17.2 Å². The van der Waals surface area contributed by atoms with Crippen molar-refractivity contribution in [2.75, 3.05) is 30.0 Å². The number of hydrogen-bond acceptors (Lipinski definition) is 7. The molecular formula is C15H17N7O. The van der Waals surface area contributed by atoms with E-state index in [1.807, 2.05) is 24.3 Å². The van der Waals surface area contributed by atoms with Crippen LogP contribution in [0.3, 0.4) is 0 Å². The molecule has 2 aromatic heterocycles. The van der Waals surface area contributed by atoms with Crippen LogP contribution >= 0.6 is 0 Å². The molecule has 8 nitrogen and oxygen atoms in total. The SMILES string of the molecule is CC1COCCN1c1ccc(Nc2ccc3nnnn3n2)cc1. The minimum Gasteiger partial charge on any atom is -0.377 e. The highest BCUT2D eigenvalue weighted by Crippen LogP contribution is 2.23. The molecule has 1 fully saturated rings. The molecule has 1 atom stereocenters. The van der Waals surface area contributed by atoms with Gasteiger partial charge in [-0.3, -0.25) is 0 Å². The van der Waals surface area contributed by atoms with Crippen molar-refractivity contribution >= 4 is 22.8 Å². The van der Waals surface area contributed by atoms with Crippen molar-refractivity contribution in [2.45, 2.75) is 13.0 Å². The number of morpholine rings is 1. The van der Waals surface area contributed by atoms with Gasteiger partial charge in [0.2, 0.25) is 0 Å². The predicted molar refractivity (Wildman–Crippen MR) is 85.9 cm³/mol. The van der Waals surface area contributed by atoms with E-state index in [0.717, 1.165) is 25.4 Å². The number of benzene rings is 1. The van der Waals surface area contributed by atoms with Crippen LogP contribution in [-0.2, 0) is 4.74 Å². The van der Waals surface area contributed by atoms with Gasteiger partial charge in [0.15, 0.2) is 11.5 Å². The fourth-order valence-corrected chi connectivity index (χ4v) is 2.71. The number of nitrogens with one attached hydrogen (secondary N) is 1. The van der Waals surface area contributed by atoms with Gasteiger partial charge in [-0.15, -0.1) is 14.8 Å². The highest BCUT2D eigenvalue weighted by Gasteiger charge is 2.18. The molecule has 1 aromatic carbocycles. The molecule has 0 spiro atoms. The number of tetrazole rings is 1. The van der Waals surface area contributed by atoms with Gasteiger partial charge in [0, 0.05) is 24.0 Å². The Bertz CT molecular complexity index is 801. The van der Waals surface area contributed by atoms with Crippen LogP contribution in [0, 0.1) is 0 Å². The van der Waals surface area contributed by atoms with E-state index in [2.05, 4.69) is 49.9 Å². The summed E-state index contributed by atoms with van der Waals surface area (Å²) in [7, 11) is 0. The van der Waals surface area contributed by atoms with E-state index in [1.54, 1.807) is 0 Å². The van der Waals surface area contributed by atoms with Crippen LogP contribution in [0.15, 0.2) is 36.4 Å². The highest BCUT2D eigenvalue weighted by atomic mass is 16.5. The second-order valence-electron chi connectivity index (χ2n) is 5.53. The second-order valence-corrected chi connectivity index (χ2v) is 5.53. The first-order valence-electron chi connectivity index (χ1n) is 7.56. The highest BCUT2D eigenvalue weighted by molar-refractivity contribution is 5.61. The van der Waals surface area contributed by atoms with Crippen LogP contribution < -0.4 is 10.2 Å². The van der Waals surface area contributed by atoms with E-state index in [-0.39, 0.29) is 0 Å². The van der Waals surface area contributed by atoms with Gasteiger partial charge in [-0.2, -0.15) is 0 Å². The summed E-state index contributed by atoms with van der Waals surface area (Å²) in [6, 6.07) is 12.4. The van der Waals surface area contributed by atoms with Crippen molar-refractivity contribution in [3.05, 3.63) is 36.4 Å². The maximum Gasteiger partial charge on any atom is 0.200 e. The van der Waals surface area contributed by atoms with Crippen molar-refractivity contribution in [3.63, 3.8) is 0 Å². The normalized spacial score (nSPS) is 18.3. The van der Waals surface area contributed by atoms with E-state index >= 15 is 0 Å². The first-order chi connectivity index (χ1) is 11.3.